The average Bonchev–Trinajstić information content (AvgIpc) is 3.24. The summed E-state index contributed by atoms with van der Waals surface area (Å²) in [5.41, 5.74) is 1.59. The molecule has 1 N–H and O–H groups in total. The van der Waals surface area contributed by atoms with Crippen LogP contribution in [-0.2, 0) is 10.0 Å². The Kier molecular flexibility index (Phi) is 3.46. The van der Waals surface area contributed by atoms with Crippen molar-refractivity contribution in [3.63, 3.8) is 0 Å². The summed E-state index contributed by atoms with van der Waals surface area (Å²) >= 11 is 0. The molecule has 1 heterocycles. The summed E-state index contributed by atoms with van der Waals surface area (Å²) in [7, 11) is -3.49. The first-order valence-corrected chi connectivity index (χ1v) is 9.37. The van der Waals surface area contributed by atoms with Gasteiger partial charge in [-0.15, -0.1) is 5.10 Å². The zero-order valence-corrected chi connectivity index (χ0v) is 13.7. The number of benzene rings is 1. The predicted octanol–water partition coefficient (Wildman–Crippen LogP) is 1.44. The van der Waals surface area contributed by atoms with Crippen LogP contribution in [0.2, 0.25) is 0 Å². The third-order valence-corrected chi connectivity index (χ3v) is 6.61. The molecule has 0 spiro atoms. The van der Waals surface area contributed by atoms with Crippen molar-refractivity contribution in [1.29, 1.82) is 0 Å². The van der Waals surface area contributed by atoms with Gasteiger partial charge in [-0.25, -0.2) is 17.8 Å². The molecule has 3 atom stereocenters. The van der Waals surface area contributed by atoms with Crippen molar-refractivity contribution in [1.82, 2.24) is 24.9 Å². The second-order valence-corrected chi connectivity index (χ2v) is 8.32. The number of rotatable bonds is 4. The van der Waals surface area contributed by atoms with Crippen LogP contribution in [0.1, 0.15) is 31.2 Å². The van der Waals surface area contributed by atoms with Gasteiger partial charge in [0.25, 0.3) is 0 Å². The Morgan fingerprint density at radius 1 is 1.26 bits per heavy atom. The molecule has 0 saturated heterocycles. The number of sulfonamides is 1. The number of hydrogen-bond acceptors (Lipinski definition) is 5. The lowest BCUT2D eigenvalue weighted by Crippen LogP contribution is -2.38. The van der Waals surface area contributed by atoms with Crippen molar-refractivity contribution < 1.29 is 8.42 Å². The zero-order valence-electron chi connectivity index (χ0n) is 12.9. The summed E-state index contributed by atoms with van der Waals surface area (Å²) in [6.45, 7) is 1.85. The molecule has 1 aromatic carbocycles. The maximum absolute atomic E-state index is 12.7. The Morgan fingerprint density at radius 3 is 2.74 bits per heavy atom. The number of nitrogens with zero attached hydrogens (tertiary/aromatic N) is 4. The first-order valence-electron chi connectivity index (χ1n) is 7.89. The van der Waals surface area contributed by atoms with Crippen LogP contribution in [0, 0.1) is 18.8 Å². The van der Waals surface area contributed by atoms with Crippen LogP contribution in [0.25, 0.3) is 5.69 Å². The van der Waals surface area contributed by atoms with E-state index in [2.05, 4.69) is 20.2 Å². The standard InChI is InChI=1S/C15H19N5O2S/c1-10-6-13(4-5-15(10)20-9-16-18-19-20)23(21,22)17-14-8-11-2-3-12(14)7-11/h4-6,9,11-12,14,17H,2-3,7-8H2,1H3/t11-,12-,14+/m1/s1. The fourth-order valence-electron chi connectivity index (χ4n) is 3.98. The van der Waals surface area contributed by atoms with Crippen LogP contribution >= 0.6 is 0 Å². The molecule has 2 aliphatic rings. The third-order valence-electron chi connectivity index (χ3n) is 5.12. The second-order valence-electron chi connectivity index (χ2n) is 6.61. The number of aromatic nitrogens is 4. The Bertz CT molecular complexity index is 818. The monoisotopic (exact) mass is 333 g/mol. The van der Waals surface area contributed by atoms with E-state index in [0.29, 0.717) is 16.7 Å². The van der Waals surface area contributed by atoms with E-state index in [-0.39, 0.29) is 6.04 Å². The lowest BCUT2D eigenvalue weighted by Gasteiger charge is -2.23. The topological polar surface area (TPSA) is 89.8 Å². The summed E-state index contributed by atoms with van der Waals surface area (Å²) in [5, 5.41) is 11.0. The van der Waals surface area contributed by atoms with E-state index in [1.807, 2.05) is 6.92 Å². The van der Waals surface area contributed by atoms with Crippen molar-refractivity contribution in [2.75, 3.05) is 0 Å². The van der Waals surface area contributed by atoms with Crippen molar-refractivity contribution in [3.8, 4) is 5.69 Å². The molecule has 122 valence electrons. The number of hydrogen-bond donors (Lipinski definition) is 1. The number of tetrazole rings is 1. The van der Waals surface area contributed by atoms with Crippen molar-refractivity contribution in [3.05, 3.63) is 30.1 Å². The summed E-state index contributed by atoms with van der Waals surface area (Å²) < 4.78 is 29.7. The van der Waals surface area contributed by atoms with Gasteiger partial charge in [0.05, 0.1) is 10.6 Å². The highest BCUT2D eigenvalue weighted by molar-refractivity contribution is 7.89. The van der Waals surface area contributed by atoms with E-state index in [4.69, 9.17) is 0 Å². The fraction of sp³-hybridized carbons (Fsp3) is 0.533. The minimum Gasteiger partial charge on any atom is -0.208 e. The van der Waals surface area contributed by atoms with Gasteiger partial charge in [-0.1, -0.05) is 6.42 Å². The van der Waals surface area contributed by atoms with E-state index in [9.17, 15) is 8.42 Å². The number of nitrogens with one attached hydrogen (secondary N) is 1. The molecule has 2 fully saturated rings. The first kappa shape index (κ1) is 14.8. The van der Waals surface area contributed by atoms with Gasteiger partial charge in [-0.05, 0) is 72.2 Å². The van der Waals surface area contributed by atoms with E-state index in [0.717, 1.165) is 24.1 Å². The average molecular weight is 333 g/mol. The molecule has 4 rings (SSSR count). The highest BCUT2D eigenvalue weighted by Crippen LogP contribution is 2.44. The van der Waals surface area contributed by atoms with Gasteiger partial charge in [0.2, 0.25) is 10.0 Å². The summed E-state index contributed by atoms with van der Waals surface area (Å²) in [4.78, 5) is 0.301. The summed E-state index contributed by atoms with van der Waals surface area (Å²) in [6.07, 6.45) is 6.04. The maximum Gasteiger partial charge on any atom is 0.240 e. The number of fused-ring (bicyclic) bond motifs is 2. The zero-order chi connectivity index (χ0) is 16.0. The van der Waals surface area contributed by atoms with Gasteiger partial charge in [-0.2, -0.15) is 0 Å². The lowest BCUT2D eigenvalue weighted by molar-refractivity contribution is 0.390. The predicted molar refractivity (Wildman–Crippen MR) is 83.4 cm³/mol. The molecule has 0 radical (unpaired) electrons. The number of aryl methyl sites for hydroxylation is 1. The van der Waals surface area contributed by atoms with Crippen LogP contribution < -0.4 is 4.72 Å². The molecule has 0 aliphatic heterocycles. The molecule has 8 heteroatoms. The molecule has 0 unspecified atom stereocenters. The lowest BCUT2D eigenvalue weighted by atomic mass is 9.96. The van der Waals surface area contributed by atoms with Crippen LogP contribution in [-0.4, -0.2) is 34.7 Å². The Labute approximate surface area is 135 Å². The SMILES string of the molecule is Cc1cc(S(=O)(=O)N[C@H]2C[C@@H]3CC[C@@H]2C3)ccc1-n1cnnn1. The molecule has 2 aliphatic carbocycles. The first-order chi connectivity index (χ1) is 11.0. The van der Waals surface area contributed by atoms with Crippen molar-refractivity contribution in [2.24, 2.45) is 11.8 Å². The fourth-order valence-corrected chi connectivity index (χ4v) is 5.38. The van der Waals surface area contributed by atoms with E-state index >= 15 is 0 Å². The molecule has 0 amide bonds. The van der Waals surface area contributed by atoms with Gasteiger partial charge >= 0.3 is 0 Å². The van der Waals surface area contributed by atoms with Crippen LogP contribution in [0.3, 0.4) is 0 Å². The highest BCUT2D eigenvalue weighted by Gasteiger charge is 2.41. The Hall–Kier alpha value is -1.80. The smallest absolute Gasteiger partial charge is 0.208 e. The van der Waals surface area contributed by atoms with Crippen LogP contribution in [0.15, 0.2) is 29.4 Å². The molecule has 1 aromatic heterocycles. The maximum atomic E-state index is 12.7. The van der Waals surface area contributed by atoms with Crippen molar-refractivity contribution >= 4 is 10.0 Å². The summed E-state index contributed by atoms with van der Waals surface area (Å²) in [5.74, 6) is 1.22. The molecule has 2 bridgehead atoms. The minimum absolute atomic E-state index is 0.0956. The Balaban J connectivity index is 1.58. The molecular formula is C15H19N5O2S. The van der Waals surface area contributed by atoms with Gasteiger partial charge in [0.15, 0.2) is 0 Å². The Morgan fingerprint density at radius 2 is 2.13 bits per heavy atom. The molecular weight excluding hydrogens is 314 g/mol. The highest BCUT2D eigenvalue weighted by atomic mass is 32.2. The van der Waals surface area contributed by atoms with Gasteiger partial charge in [-0.3, -0.25) is 0 Å². The molecule has 2 aromatic rings. The van der Waals surface area contributed by atoms with Crippen LogP contribution in [0.4, 0.5) is 0 Å². The normalized spacial score (nSPS) is 26.7. The summed E-state index contributed by atoms with van der Waals surface area (Å²) in [6, 6.07) is 5.12. The van der Waals surface area contributed by atoms with E-state index in [1.54, 1.807) is 18.2 Å². The second kappa shape index (κ2) is 5.38. The molecule has 2 saturated carbocycles. The van der Waals surface area contributed by atoms with E-state index in [1.165, 1.54) is 23.9 Å². The molecule has 7 nitrogen and oxygen atoms in total. The van der Waals surface area contributed by atoms with Gasteiger partial charge in [0.1, 0.15) is 6.33 Å². The largest absolute Gasteiger partial charge is 0.240 e. The van der Waals surface area contributed by atoms with Gasteiger partial charge < -0.3 is 0 Å². The van der Waals surface area contributed by atoms with Gasteiger partial charge in [0, 0.05) is 6.04 Å². The van der Waals surface area contributed by atoms with Crippen molar-refractivity contribution in [2.45, 2.75) is 43.5 Å². The van der Waals surface area contributed by atoms with E-state index < -0.39 is 10.0 Å². The molecule has 23 heavy (non-hydrogen) atoms. The third kappa shape index (κ3) is 2.66. The quantitative estimate of drug-likeness (QED) is 0.914. The minimum atomic E-state index is -3.49. The van der Waals surface area contributed by atoms with Crippen LogP contribution in [0.5, 0.6) is 0 Å².